The summed E-state index contributed by atoms with van der Waals surface area (Å²) < 4.78 is 16.0. The molecule has 7 nitrogen and oxygen atoms in total. The van der Waals surface area contributed by atoms with Crippen molar-refractivity contribution in [1.82, 2.24) is 0 Å². The van der Waals surface area contributed by atoms with E-state index in [9.17, 15) is 14.7 Å². The largest absolute Gasteiger partial charge is 0.496 e. The van der Waals surface area contributed by atoms with Crippen LogP contribution in [0.2, 0.25) is 0 Å². The average molecular weight is 480 g/mol. The number of benzene rings is 2. The van der Waals surface area contributed by atoms with Crippen LogP contribution in [0.1, 0.15) is 30.5 Å². The molecule has 2 aromatic rings. The summed E-state index contributed by atoms with van der Waals surface area (Å²) in [6, 6.07) is 12.5. The molecule has 0 aromatic heterocycles. The molecule has 0 fully saturated rings. The highest BCUT2D eigenvalue weighted by atomic mass is 79.9. The summed E-state index contributed by atoms with van der Waals surface area (Å²) in [5.74, 6) is -0.236. The van der Waals surface area contributed by atoms with Crippen molar-refractivity contribution < 1.29 is 28.9 Å². The number of aliphatic carboxylic acids is 1. The molecule has 2 N–H and O–H groups in total. The normalized spacial score (nSPS) is 11.8. The third-order valence-electron chi connectivity index (χ3n) is 4.19. The average Bonchev–Trinajstić information content (AvgIpc) is 2.72. The molecule has 1 atom stereocenters. The lowest BCUT2D eigenvalue weighted by atomic mass is 10.1. The number of anilines is 1. The molecule has 8 heteroatoms. The molecule has 0 saturated heterocycles. The number of nitrogens with one attached hydrogen (secondary N) is 1. The van der Waals surface area contributed by atoms with Gasteiger partial charge in [0.05, 0.1) is 13.2 Å². The van der Waals surface area contributed by atoms with Gasteiger partial charge in [-0.15, -0.1) is 0 Å². The van der Waals surface area contributed by atoms with Crippen molar-refractivity contribution in [1.29, 1.82) is 0 Å². The number of hydrogen-bond acceptors (Lipinski definition) is 5. The number of alkyl halides is 1. The second-order valence-electron chi connectivity index (χ2n) is 6.89. The first-order valence-corrected chi connectivity index (χ1v) is 10.6. The standard InChI is InChI=1S/C22H26BrNO6/c1-14(2)30-20(21(25)26)11-15-4-7-18(8-5-15)24-22(27)29-13-16-6-9-19(28-3)17(10-16)12-23/h4-10,14,20H,11-13H2,1-3H3,(H,24,27)(H,25,26). The SMILES string of the molecule is COc1ccc(COC(=O)Nc2ccc(CC(OC(C)C)C(=O)O)cc2)cc1CBr. The fourth-order valence-corrected chi connectivity index (χ4v) is 3.23. The molecule has 1 unspecified atom stereocenters. The monoisotopic (exact) mass is 479 g/mol. The van der Waals surface area contributed by atoms with Crippen molar-refractivity contribution in [2.24, 2.45) is 0 Å². The number of methoxy groups -OCH3 is 1. The summed E-state index contributed by atoms with van der Waals surface area (Å²) in [6.45, 7) is 3.71. The number of carbonyl (C=O) groups excluding carboxylic acids is 1. The molecule has 2 rings (SSSR count). The molecule has 30 heavy (non-hydrogen) atoms. The maximum absolute atomic E-state index is 12.1. The van der Waals surface area contributed by atoms with Crippen LogP contribution in [0.4, 0.5) is 10.5 Å². The zero-order valence-electron chi connectivity index (χ0n) is 17.2. The second-order valence-corrected chi connectivity index (χ2v) is 7.45. The topological polar surface area (TPSA) is 94.1 Å². The van der Waals surface area contributed by atoms with Crippen LogP contribution in [0.25, 0.3) is 0 Å². The van der Waals surface area contributed by atoms with Gasteiger partial charge in [-0.1, -0.05) is 34.1 Å². The molecule has 0 aliphatic carbocycles. The first-order valence-electron chi connectivity index (χ1n) is 9.45. The van der Waals surface area contributed by atoms with Crippen molar-refractivity contribution in [3.8, 4) is 5.75 Å². The quantitative estimate of drug-likeness (QED) is 0.477. The highest BCUT2D eigenvalue weighted by Crippen LogP contribution is 2.23. The fraction of sp³-hybridized carbons (Fsp3) is 0.364. The van der Waals surface area contributed by atoms with E-state index in [1.807, 2.05) is 18.2 Å². The number of ether oxygens (including phenoxy) is 3. The van der Waals surface area contributed by atoms with Crippen LogP contribution in [0, 0.1) is 0 Å². The lowest BCUT2D eigenvalue weighted by Crippen LogP contribution is -2.29. The number of halogens is 1. The third-order valence-corrected chi connectivity index (χ3v) is 4.80. The summed E-state index contributed by atoms with van der Waals surface area (Å²) >= 11 is 3.41. The second kappa shape index (κ2) is 11.6. The Kier molecular flexibility index (Phi) is 9.14. The number of hydrogen-bond donors (Lipinski definition) is 2. The fourth-order valence-electron chi connectivity index (χ4n) is 2.79. The lowest BCUT2D eigenvalue weighted by Gasteiger charge is -2.16. The summed E-state index contributed by atoms with van der Waals surface area (Å²) in [5.41, 5.74) is 3.16. The van der Waals surface area contributed by atoms with Gasteiger partial charge >= 0.3 is 12.1 Å². The van der Waals surface area contributed by atoms with Crippen molar-refractivity contribution in [2.45, 2.75) is 44.4 Å². The van der Waals surface area contributed by atoms with E-state index in [1.54, 1.807) is 45.2 Å². The van der Waals surface area contributed by atoms with Gasteiger partial charge in [-0.2, -0.15) is 0 Å². The predicted octanol–water partition coefficient (Wildman–Crippen LogP) is 4.76. The van der Waals surface area contributed by atoms with E-state index >= 15 is 0 Å². The van der Waals surface area contributed by atoms with Crippen LogP contribution >= 0.6 is 15.9 Å². The van der Waals surface area contributed by atoms with Gasteiger partial charge in [0.15, 0.2) is 6.10 Å². The summed E-state index contributed by atoms with van der Waals surface area (Å²) in [5, 5.41) is 12.6. The van der Waals surface area contributed by atoms with E-state index in [-0.39, 0.29) is 19.1 Å². The zero-order chi connectivity index (χ0) is 22.1. The van der Waals surface area contributed by atoms with E-state index < -0.39 is 18.2 Å². The molecule has 0 aliphatic rings. The minimum atomic E-state index is -1.00. The van der Waals surface area contributed by atoms with E-state index in [0.29, 0.717) is 11.0 Å². The molecule has 1 amide bonds. The predicted molar refractivity (Wildman–Crippen MR) is 117 cm³/mol. The molecular formula is C22H26BrNO6. The Bertz CT molecular complexity index is 853. The highest BCUT2D eigenvalue weighted by molar-refractivity contribution is 9.08. The van der Waals surface area contributed by atoms with Gasteiger partial charge in [0.25, 0.3) is 0 Å². The molecule has 0 bridgehead atoms. The minimum Gasteiger partial charge on any atom is -0.496 e. The highest BCUT2D eigenvalue weighted by Gasteiger charge is 2.20. The van der Waals surface area contributed by atoms with Crippen LogP contribution in [0.5, 0.6) is 5.75 Å². The van der Waals surface area contributed by atoms with Gasteiger partial charge < -0.3 is 19.3 Å². The van der Waals surface area contributed by atoms with E-state index in [4.69, 9.17) is 14.2 Å². The zero-order valence-corrected chi connectivity index (χ0v) is 18.8. The number of carboxylic acids is 1. The van der Waals surface area contributed by atoms with Crippen molar-refractivity contribution >= 4 is 33.7 Å². The Labute approximate surface area is 184 Å². The van der Waals surface area contributed by atoms with Gasteiger partial charge in [-0.25, -0.2) is 9.59 Å². The van der Waals surface area contributed by atoms with Gasteiger partial charge in [0.1, 0.15) is 12.4 Å². The smallest absolute Gasteiger partial charge is 0.411 e. The minimum absolute atomic E-state index is 0.126. The van der Waals surface area contributed by atoms with Crippen LogP contribution in [-0.4, -0.2) is 36.5 Å². The molecule has 0 heterocycles. The molecule has 0 radical (unpaired) electrons. The number of rotatable bonds is 10. The number of amides is 1. The molecule has 162 valence electrons. The van der Waals surface area contributed by atoms with Crippen molar-refractivity contribution in [2.75, 3.05) is 12.4 Å². The number of carboxylic acid groups (broad SMARTS) is 1. The van der Waals surface area contributed by atoms with Gasteiger partial charge in [0.2, 0.25) is 0 Å². The third kappa shape index (κ3) is 7.35. The first kappa shape index (κ1) is 23.7. The van der Waals surface area contributed by atoms with E-state index in [1.165, 1.54) is 0 Å². The summed E-state index contributed by atoms with van der Waals surface area (Å²) in [7, 11) is 1.61. The molecule has 2 aromatic carbocycles. The molecular weight excluding hydrogens is 454 g/mol. The molecule has 0 spiro atoms. The molecule has 0 aliphatic heterocycles. The molecule has 0 saturated carbocycles. The lowest BCUT2D eigenvalue weighted by molar-refractivity contribution is -0.153. The van der Waals surface area contributed by atoms with Gasteiger partial charge in [-0.05, 0) is 49.2 Å². The Balaban J connectivity index is 1.89. The Morgan fingerprint density at radius 1 is 1.10 bits per heavy atom. The van der Waals surface area contributed by atoms with Crippen LogP contribution in [-0.2, 0) is 32.6 Å². The Morgan fingerprint density at radius 3 is 2.33 bits per heavy atom. The van der Waals surface area contributed by atoms with Crippen molar-refractivity contribution in [3.63, 3.8) is 0 Å². The van der Waals surface area contributed by atoms with Crippen LogP contribution in [0.15, 0.2) is 42.5 Å². The van der Waals surface area contributed by atoms with Crippen LogP contribution < -0.4 is 10.1 Å². The van der Waals surface area contributed by atoms with E-state index in [2.05, 4.69) is 21.2 Å². The van der Waals surface area contributed by atoms with E-state index in [0.717, 1.165) is 22.4 Å². The first-order chi connectivity index (χ1) is 14.3. The van der Waals surface area contributed by atoms with Gasteiger partial charge in [-0.3, -0.25) is 5.32 Å². The summed E-state index contributed by atoms with van der Waals surface area (Å²) in [4.78, 5) is 23.4. The maximum Gasteiger partial charge on any atom is 0.411 e. The van der Waals surface area contributed by atoms with Crippen LogP contribution in [0.3, 0.4) is 0 Å². The number of carbonyl (C=O) groups is 2. The van der Waals surface area contributed by atoms with Crippen molar-refractivity contribution in [3.05, 3.63) is 59.2 Å². The maximum atomic E-state index is 12.1. The summed E-state index contributed by atoms with van der Waals surface area (Å²) in [6.07, 6.45) is -1.43. The van der Waals surface area contributed by atoms with Gasteiger partial charge in [0, 0.05) is 23.0 Å². The Hall–Kier alpha value is -2.58. The Morgan fingerprint density at radius 2 is 1.77 bits per heavy atom.